The molecule has 2 amide bonds. The number of carbonyl (C=O) groups excluding carboxylic acids is 2. The summed E-state index contributed by atoms with van der Waals surface area (Å²) in [6, 6.07) is 17.5. The van der Waals surface area contributed by atoms with E-state index in [0.717, 1.165) is 56.6 Å². The molecule has 7 heteroatoms. The highest BCUT2D eigenvalue weighted by molar-refractivity contribution is 6.00. The van der Waals surface area contributed by atoms with Gasteiger partial charge >= 0.3 is 0 Å². The fraction of sp³-hybridized carbons (Fsp3) is 0.474. The van der Waals surface area contributed by atoms with E-state index in [4.69, 9.17) is 0 Å². The van der Waals surface area contributed by atoms with Crippen LogP contribution in [0.25, 0.3) is 0 Å². The molecule has 0 aromatic heterocycles. The second-order valence-electron chi connectivity index (χ2n) is 13.3. The fourth-order valence-electron chi connectivity index (χ4n) is 7.05. The zero-order valence-electron chi connectivity index (χ0n) is 27.1. The van der Waals surface area contributed by atoms with Crippen molar-refractivity contribution in [2.45, 2.75) is 90.1 Å². The van der Waals surface area contributed by atoms with Crippen LogP contribution in [0.2, 0.25) is 0 Å². The van der Waals surface area contributed by atoms with Gasteiger partial charge in [0.2, 0.25) is 0 Å². The summed E-state index contributed by atoms with van der Waals surface area (Å²) in [7, 11) is 1.81. The molecule has 0 spiro atoms. The zero-order chi connectivity index (χ0) is 32.2. The normalized spacial score (nSPS) is 19.6. The van der Waals surface area contributed by atoms with Crippen LogP contribution >= 0.6 is 0 Å². The second kappa shape index (κ2) is 13.8. The quantitative estimate of drug-likeness (QED) is 0.172. The van der Waals surface area contributed by atoms with Crippen molar-refractivity contribution in [2.24, 2.45) is 5.41 Å². The number of nitrogens with one attached hydrogen (secondary N) is 2. The molecular formula is C38H47F2N3O2. The fourth-order valence-corrected chi connectivity index (χ4v) is 7.05. The van der Waals surface area contributed by atoms with E-state index in [0.29, 0.717) is 42.7 Å². The monoisotopic (exact) mass is 615 g/mol. The lowest BCUT2D eigenvalue weighted by Gasteiger charge is -2.31. The van der Waals surface area contributed by atoms with E-state index in [1.54, 1.807) is 24.1 Å². The van der Waals surface area contributed by atoms with Crippen LogP contribution in [0.3, 0.4) is 0 Å². The summed E-state index contributed by atoms with van der Waals surface area (Å²) in [5.74, 6) is -1.80. The van der Waals surface area contributed by atoms with E-state index in [-0.39, 0.29) is 23.1 Å². The van der Waals surface area contributed by atoms with Gasteiger partial charge in [-0.15, -0.1) is 0 Å². The van der Waals surface area contributed by atoms with Crippen LogP contribution in [0.5, 0.6) is 0 Å². The average molecular weight is 616 g/mol. The number of hydrogen-bond donors (Lipinski definition) is 2. The molecule has 3 aromatic rings. The largest absolute Gasteiger partial charge is 0.345 e. The number of halogens is 2. The van der Waals surface area contributed by atoms with Gasteiger partial charge in [-0.2, -0.15) is 0 Å². The van der Waals surface area contributed by atoms with Crippen molar-refractivity contribution in [1.82, 2.24) is 15.5 Å². The van der Waals surface area contributed by atoms with Gasteiger partial charge in [0.1, 0.15) is 11.6 Å². The van der Waals surface area contributed by atoms with E-state index in [2.05, 4.69) is 48.7 Å². The molecular weight excluding hydrogens is 568 g/mol. The van der Waals surface area contributed by atoms with Crippen molar-refractivity contribution < 1.29 is 18.4 Å². The third kappa shape index (κ3) is 7.46. The van der Waals surface area contributed by atoms with Crippen LogP contribution in [0.4, 0.5) is 8.78 Å². The van der Waals surface area contributed by atoms with Crippen LogP contribution in [-0.4, -0.2) is 42.4 Å². The molecule has 0 saturated heterocycles. The Bertz CT molecular complexity index is 1510. The highest BCUT2D eigenvalue weighted by atomic mass is 19.1. The van der Waals surface area contributed by atoms with E-state index in [9.17, 15) is 18.4 Å². The maximum absolute atomic E-state index is 14.3. The zero-order valence-corrected chi connectivity index (χ0v) is 27.1. The van der Waals surface area contributed by atoms with Crippen LogP contribution in [0, 0.1) is 24.0 Å². The molecule has 0 radical (unpaired) electrons. The molecule has 45 heavy (non-hydrogen) atoms. The summed E-state index contributed by atoms with van der Waals surface area (Å²) >= 11 is 0. The summed E-state index contributed by atoms with van der Waals surface area (Å²) in [6.07, 6.45) is 7.69. The Hall–Kier alpha value is -3.58. The van der Waals surface area contributed by atoms with Crippen LogP contribution in [-0.2, 0) is 13.0 Å². The molecule has 240 valence electrons. The molecule has 2 fully saturated rings. The Morgan fingerprint density at radius 2 is 1.62 bits per heavy atom. The number of carbonyl (C=O) groups is 2. The van der Waals surface area contributed by atoms with Crippen LogP contribution < -0.4 is 10.6 Å². The average Bonchev–Trinajstić information content (AvgIpc) is 3.94. The van der Waals surface area contributed by atoms with Gasteiger partial charge in [0.15, 0.2) is 0 Å². The minimum atomic E-state index is -0.646. The SMILES string of the molecule is CCCCCCN(C)C(=O)c1cc(C)cc(C(=O)NC2(C3(CNCc4cccc(CC)c4)CC3)C[C@H]2c2cc(F)cc(F)c2)c1. The van der Waals surface area contributed by atoms with Gasteiger partial charge < -0.3 is 15.5 Å². The minimum absolute atomic E-state index is 0.103. The van der Waals surface area contributed by atoms with E-state index in [1.807, 2.05) is 13.0 Å². The van der Waals surface area contributed by atoms with Crippen molar-refractivity contribution >= 4 is 11.8 Å². The first-order valence-electron chi connectivity index (χ1n) is 16.5. The van der Waals surface area contributed by atoms with Gasteiger partial charge in [0, 0.05) is 55.2 Å². The summed E-state index contributed by atoms with van der Waals surface area (Å²) < 4.78 is 28.7. The number of unbranched alkanes of at least 4 members (excludes halogenated alkanes) is 3. The molecule has 2 aliphatic rings. The number of amides is 2. The van der Waals surface area contributed by atoms with E-state index >= 15 is 0 Å². The highest BCUT2D eigenvalue weighted by Crippen LogP contribution is 2.70. The Morgan fingerprint density at radius 3 is 2.31 bits per heavy atom. The molecule has 0 heterocycles. The molecule has 2 aliphatic carbocycles. The van der Waals surface area contributed by atoms with Gasteiger partial charge in [0.05, 0.1) is 5.54 Å². The van der Waals surface area contributed by atoms with E-state index in [1.165, 1.54) is 23.3 Å². The van der Waals surface area contributed by atoms with E-state index < -0.39 is 17.2 Å². The summed E-state index contributed by atoms with van der Waals surface area (Å²) in [5, 5.41) is 6.99. The van der Waals surface area contributed by atoms with Crippen molar-refractivity contribution in [3.8, 4) is 0 Å². The van der Waals surface area contributed by atoms with Crippen molar-refractivity contribution in [2.75, 3.05) is 20.1 Å². The van der Waals surface area contributed by atoms with Gasteiger partial charge in [-0.05, 0) is 91.6 Å². The molecule has 2 N–H and O–H groups in total. The smallest absolute Gasteiger partial charge is 0.253 e. The first-order chi connectivity index (χ1) is 21.6. The van der Waals surface area contributed by atoms with Gasteiger partial charge in [-0.3, -0.25) is 9.59 Å². The van der Waals surface area contributed by atoms with Crippen molar-refractivity contribution in [3.63, 3.8) is 0 Å². The molecule has 2 saturated carbocycles. The third-order valence-corrected chi connectivity index (χ3v) is 9.86. The summed E-state index contributed by atoms with van der Waals surface area (Å²) in [4.78, 5) is 29.0. The molecule has 0 aliphatic heterocycles. The van der Waals surface area contributed by atoms with Crippen molar-refractivity contribution in [1.29, 1.82) is 0 Å². The lowest BCUT2D eigenvalue weighted by Crippen LogP contribution is -2.49. The van der Waals surface area contributed by atoms with Gasteiger partial charge in [-0.25, -0.2) is 8.78 Å². The molecule has 3 aromatic carbocycles. The lowest BCUT2D eigenvalue weighted by atomic mass is 9.88. The first-order valence-corrected chi connectivity index (χ1v) is 16.5. The number of hydrogen-bond acceptors (Lipinski definition) is 3. The molecule has 5 nitrogen and oxygen atoms in total. The second-order valence-corrected chi connectivity index (χ2v) is 13.3. The van der Waals surface area contributed by atoms with Gasteiger partial charge in [0.25, 0.3) is 11.8 Å². The maximum atomic E-state index is 14.3. The number of nitrogens with zero attached hydrogens (tertiary/aromatic N) is 1. The lowest BCUT2D eigenvalue weighted by molar-refractivity contribution is 0.0792. The topological polar surface area (TPSA) is 61.4 Å². The molecule has 2 atom stereocenters. The Balaban J connectivity index is 1.36. The number of rotatable bonds is 15. The third-order valence-electron chi connectivity index (χ3n) is 9.86. The Labute approximate surface area is 266 Å². The van der Waals surface area contributed by atoms with Crippen LogP contribution in [0.15, 0.2) is 60.7 Å². The predicted molar refractivity (Wildman–Crippen MR) is 175 cm³/mol. The minimum Gasteiger partial charge on any atom is -0.345 e. The highest BCUT2D eigenvalue weighted by Gasteiger charge is 2.72. The standard InChI is InChI=1S/C38H47F2N3O2/c1-5-7-8-9-15-43(4)36(45)31-17-26(3)16-30(19-31)35(44)42-38(23-34(38)29-20-32(39)22-33(40)21-29)37(13-14-37)25-41-24-28-12-10-11-27(6-2)18-28/h10-12,16-22,34,41H,5-9,13-15,23-25H2,1-4H3,(H,42,44)/t34-,38?/m0/s1. The van der Waals surface area contributed by atoms with Crippen molar-refractivity contribution in [3.05, 3.63) is 106 Å². The molecule has 1 unspecified atom stereocenters. The first kappa shape index (κ1) is 32.8. The Kier molecular flexibility index (Phi) is 10.1. The summed E-state index contributed by atoms with van der Waals surface area (Å²) in [6.45, 7) is 8.24. The number of benzene rings is 3. The number of aryl methyl sites for hydroxylation is 2. The predicted octanol–water partition coefficient (Wildman–Crippen LogP) is 7.71. The van der Waals surface area contributed by atoms with Gasteiger partial charge in [-0.1, -0.05) is 57.4 Å². The molecule has 0 bridgehead atoms. The molecule has 5 rings (SSSR count). The Morgan fingerprint density at radius 1 is 0.911 bits per heavy atom. The maximum Gasteiger partial charge on any atom is 0.253 e. The summed E-state index contributed by atoms with van der Waals surface area (Å²) in [5.41, 5.74) is 3.92. The van der Waals surface area contributed by atoms with Crippen LogP contribution in [0.1, 0.15) is 108 Å².